The molecular weight excluding hydrogens is 616 g/mol. The van der Waals surface area contributed by atoms with Gasteiger partial charge in [0.15, 0.2) is 11.6 Å². The summed E-state index contributed by atoms with van der Waals surface area (Å²) in [5.74, 6) is 2.59. The van der Waals surface area contributed by atoms with Gasteiger partial charge in [-0.3, -0.25) is 14.2 Å². The fourth-order valence-corrected chi connectivity index (χ4v) is 6.19. The van der Waals surface area contributed by atoms with Gasteiger partial charge in [-0.05, 0) is 69.4 Å². The third-order valence-corrected chi connectivity index (χ3v) is 8.82. The third-order valence-electron chi connectivity index (χ3n) is 8.59. The molecule has 250 valence electrons. The summed E-state index contributed by atoms with van der Waals surface area (Å²) < 4.78 is 8.86. The Hall–Kier alpha value is -4.25. The van der Waals surface area contributed by atoms with Crippen molar-refractivity contribution in [2.24, 2.45) is 14.1 Å². The molecule has 2 aliphatic rings. The summed E-state index contributed by atoms with van der Waals surface area (Å²) in [5.41, 5.74) is 4.24. The van der Waals surface area contributed by atoms with E-state index in [9.17, 15) is 9.59 Å². The van der Waals surface area contributed by atoms with Gasteiger partial charge in [0.1, 0.15) is 24.1 Å². The van der Waals surface area contributed by atoms with Crippen molar-refractivity contribution in [1.29, 1.82) is 0 Å². The Morgan fingerprint density at radius 2 is 1.13 bits per heavy atom. The molecule has 6 rings (SSSR count). The van der Waals surface area contributed by atoms with E-state index in [0.717, 1.165) is 74.6 Å². The van der Waals surface area contributed by atoms with E-state index in [4.69, 9.17) is 16.3 Å². The number of piperidine rings is 2. The first-order chi connectivity index (χ1) is 22.5. The number of carbonyl (C=O) groups is 2. The number of rotatable bonds is 5. The van der Waals surface area contributed by atoms with Gasteiger partial charge in [-0.15, -0.1) is 11.6 Å². The van der Waals surface area contributed by atoms with E-state index in [1.807, 2.05) is 44.7 Å². The van der Waals surface area contributed by atoms with Crippen molar-refractivity contribution in [1.82, 2.24) is 39.3 Å². The number of aryl methyl sites for hydroxylation is 2. The summed E-state index contributed by atoms with van der Waals surface area (Å²) in [4.78, 5) is 36.0. The van der Waals surface area contributed by atoms with E-state index in [1.54, 1.807) is 22.0 Å². The van der Waals surface area contributed by atoms with E-state index in [2.05, 4.69) is 68.7 Å². The third kappa shape index (κ3) is 9.18. The summed E-state index contributed by atoms with van der Waals surface area (Å²) in [6.45, 7) is 8.76. The van der Waals surface area contributed by atoms with Crippen LogP contribution in [0.4, 0.5) is 4.79 Å². The van der Waals surface area contributed by atoms with Crippen LogP contribution in [0.3, 0.4) is 0 Å². The monoisotopic (exact) mass is 660 g/mol. The molecule has 0 atom stereocenters. The number of hydrogen-bond donors (Lipinski definition) is 0. The summed E-state index contributed by atoms with van der Waals surface area (Å²) >= 11 is 5.61. The first kappa shape index (κ1) is 34.1. The Balaban J connectivity index is 0.000000186. The number of alkyl halides is 1. The average Bonchev–Trinajstić information content (AvgIpc) is 3.72. The number of ether oxygens (including phenoxy) is 1. The minimum absolute atomic E-state index is 0.0386. The first-order valence-electron chi connectivity index (χ1n) is 16.2. The zero-order valence-electron chi connectivity index (χ0n) is 28.0. The van der Waals surface area contributed by atoms with Gasteiger partial charge in [0.05, 0.1) is 0 Å². The van der Waals surface area contributed by atoms with Gasteiger partial charge < -0.3 is 14.5 Å². The second-order valence-electron chi connectivity index (χ2n) is 13.3. The number of aromatic nitrogens is 6. The number of benzene rings is 2. The predicted octanol–water partition coefficient (Wildman–Crippen LogP) is 6.02. The largest absolute Gasteiger partial charge is 0.444 e. The Kier molecular flexibility index (Phi) is 11.0. The zero-order chi connectivity index (χ0) is 33.6. The molecule has 0 bridgehead atoms. The van der Waals surface area contributed by atoms with E-state index < -0.39 is 5.60 Å². The lowest BCUT2D eigenvalue weighted by Gasteiger charge is -2.33. The summed E-state index contributed by atoms with van der Waals surface area (Å²) in [6, 6.07) is 16.9. The second kappa shape index (κ2) is 15.1. The topological polar surface area (TPSA) is 111 Å². The standard InChI is InChI=1S/C19H26N4O2.C16H19ClN4O/c1-19(2,3)25-18(24)23-11-9-15(10-12-23)14-5-7-16(8-6-14)17-20-13-22(4)21-17;1-20-11-18-16(19-20)14-4-2-12(3-5-14)13-6-8-21(9-7-13)15(22)10-17/h5-8,13,15H,9-12H2,1-4H3;2-5,11,13H,6-10H2,1H3. The van der Waals surface area contributed by atoms with Crippen LogP contribution in [-0.4, -0.2) is 89.0 Å². The van der Waals surface area contributed by atoms with Crippen LogP contribution >= 0.6 is 11.6 Å². The normalized spacial score (nSPS) is 16.0. The summed E-state index contributed by atoms with van der Waals surface area (Å²) in [5, 5.41) is 8.64. The molecule has 2 aliphatic heterocycles. The Morgan fingerprint density at radius 1 is 0.723 bits per heavy atom. The molecular formula is C35H45ClN8O3. The smallest absolute Gasteiger partial charge is 0.410 e. The summed E-state index contributed by atoms with van der Waals surface area (Å²) in [6.07, 6.45) is 7.10. The molecule has 2 aromatic heterocycles. The highest BCUT2D eigenvalue weighted by Gasteiger charge is 2.27. The van der Waals surface area contributed by atoms with Crippen LogP contribution in [0, 0.1) is 0 Å². The van der Waals surface area contributed by atoms with Gasteiger partial charge >= 0.3 is 6.09 Å². The number of hydrogen-bond acceptors (Lipinski definition) is 7. The van der Waals surface area contributed by atoms with Crippen molar-refractivity contribution in [3.63, 3.8) is 0 Å². The fourth-order valence-electron chi connectivity index (χ4n) is 6.02. The quantitative estimate of drug-likeness (QED) is 0.241. The molecule has 0 spiro atoms. The highest BCUT2D eigenvalue weighted by atomic mass is 35.5. The Morgan fingerprint density at radius 3 is 1.47 bits per heavy atom. The lowest BCUT2D eigenvalue weighted by Crippen LogP contribution is -2.41. The van der Waals surface area contributed by atoms with E-state index in [-0.39, 0.29) is 17.9 Å². The van der Waals surface area contributed by atoms with Gasteiger partial charge in [-0.1, -0.05) is 48.5 Å². The van der Waals surface area contributed by atoms with Crippen molar-refractivity contribution in [3.8, 4) is 22.8 Å². The lowest BCUT2D eigenvalue weighted by molar-refractivity contribution is -0.129. The van der Waals surface area contributed by atoms with Crippen LogP contribution in [0.2, 0.25) is 0 Å². The van der Waals surface area contributed by atoms with Crippen molar-refractivity contribution in [3.05, 3.63) is 72.3 Å². The van der Waals surface area contributed by atoms with Crippen LogP contribution in [0.25, 0.3) is 22.8 Å². The highest BCUT2D eigenvalue weighted by Crippen LogP contribution is 2.31. The summed E-state index contributed by atoms with van der Waals surface area (Å²) in [7, 11) is 3.73. The molecule has 0 N–H and O–H groups in total. The first-order valence-corrected chi connectivity index (χ1v) is 16.8. The molecule has 12 heteroatoms. The number of carbonyl (C=O) groups excluding carboxylic acids is 2. The minimum Gasteiger partial charge on any atom is -0.444 e. The van der Waals surface area contributed by atoms with Gasteiger partial charge in [-0.25, -0.2) is 14.8 Å². The van der Waals surface area contributed by atoms with Crippen LogP contribution in [0.5, 0.6) is 0 Å². The van der Waals surface area contributed by atoms with Crippen LogP contribution in [0.15, 0.2) is 61.2 Å². The van der Waals surface area contributed by atoms with Crippen LogP contribution in [0.1, 0.15) is 69.4 Å². The highest BCUT2D eigenvalue weighted by molar-refractivity contribution is 6.27. The lowest BCUT2D eigenvalue weighted by atomic mass is 9.89. The number of halogens is 1. The molecule has 2 aromatic carbocycles. The van der Waals surface area contributed by atoms with E-state index in [1.165, 1.54) is 11.1 Å². The molecule has 0 saturated carbocycles. The Bertz CT molecular complexity index is 1610. The zero-order valence-corrected chi connectivity index (χ0v) is 28.7. The molecule has 2 fully saturated rings. The van der Waals surface area contributed by atoms with Crippen molar-refractivity contribution >= 4 is 23.6 Å². The molecule has 2 saturated heterocycles. The maximum absolute atomic E-state index is 12.1. The van der Waals surface area contributed by atoms with Crippen molar-refractivity contribution < 1.29 is 14.3 Å². The average molecular weight is 661 g/mol. The molecule has 0 aliphatic carbocycles. The molecule has 2 amide bonds. The minimum atomic E-state index is -0.441. The van der Waals surface area contributed by atoms with Crippen molar-refractivity contribution in [2.45, 2.75) is 63.9 Å². The molecule has 0 radical (unpaired) electrons. The molecule has 4 aromatic rings. The molecule has 47 heavy (non-hydrogen) atoms. The van der Waals surface area contributed by atoms with Gasteiger partial charge in [0.2, 0.25) is 5.91 Å². The molecule has 4 heterocycles. The number of likely N-dealkylation sites (tertiary alicyclic amines) is 2. The van der Waals surface area contributed by atoms with E-state index >= 15 is 0 Å². The van der Waals surface area contributed by atoms with Gasteiger partial charge in [-0.2, -0.15) is 10.2 Å². The SMILES string of the molecule is Cn1cnc(-c2ccc(C3CCN(C(=O)CCl)CC3)cc2)n1.Cn1cnc(-c2ccc(C3CCN(C(=O)OC(C)(C)C)CC3)cc2)n1. The second-order valence-corrected chi connectivity index (χ2v) is 13.5. The number of amides is 2. The molecule has 0 unspecified atom stereocenters. The van der Waals surface area contributed by atoms with Crippen molar-refractivity contribution in [2.75, 3.05) is 32.1 Å². The maximum Gasteiger partial charge on any atom is 0.410 e. The van der Waals surface area contributed by atoms with Gasteiger partial charge in [0, 0.05) is 51.4 Å². The van der Waals surface area contributed by atoms with Crippen LogP contribution < -0.4 is 0 Å². The van der Waals surface area contributed by atoms with Gasteiger partial charge in [0.25, 0.3) is 0 Å². The number of nitrogens with zero attached hydrogens (tertiary/aromatic N) is 8. The van der Waals surface area contributed by atoms with E-state index in [0.29, 0.717) is 11.8 Å². The predicted molar refractivity (Wildman–Crippen MR) is 182 cm³/mol. The van der Waals surface area contributed by atoms with Crippen LogP contribution in [-0.2, 0) is 23.6 Å². The maximum atomic E-state index is 12.1. The molecule has 11 nitrogen and oxygen atoms in total. The fraction of sp³-hybridized carbons (Fsp3) is 0.486. The Labute approximate surface area is 281 Å².